The summed E-state index contributed by atoms with van der Waals surface area (Å²) in [5.41, 5.74) is 1.04. The third-order valence-corrected chi connectivity index (χ3v) is 6.46. The fourth-order valence-corrected chi connectivity index (χ4v) is 4.34. The Hall–Kier alpha value is -4.98. The van der Waals surface area contributed by atoms with Gasteiger partial charge in [0, 0.05) is 29.4 Å². The molecule has 0 fully saturated rings. The van der Waals surface area contributed by atoms with Crippen LogP contribution in [0.15, 0.2) is 71.9 Å². The standard InChI is InChI=1S/C26H23FN6O6S/c1-38-20-11-12-22(39-2)21(13-20)32-23(14-28-25(35)16-3-9-19(10-4-16)33(36)37)30-31-26(32)40-15-24(34)29-18-7-5-17(27)6-8-18/h3-13H,14-15H2,1-2H3,(H,28,35)(H,29,34). The van der Waals surface area contributed by atoms with Crippen molar-refractivity contribution in [2.24, 2.45) is 0 Å². The van der Waals surface area contributed by atoms with Gasteiger partial charge in [-0.1, -0.05) is 11.8 Å². The van der Waals surface area contributed by atoms with Gasteiger partial charge in [-0.2, -0.15) is 0 Å². The largest absolute Gasteiger partial charge is 0.497 e. The van der Waals surface area contributed by atoms with E-state index in [-0.39, 0.29) is 29.5 Å². The molecule has 12 nitrogen and oxygen atoms in total. The van der Waals surface area contributed by atoms with E-state index in [1.165, 1.54) is 62.8 Å². The lowest BCUT2D eigenvalue weighted by atomic mass is 10.2. The number of aromatic nitrogens is 3. The average molecular weight is 567 g/mol. The van der Waals surface area contributed by atoms with Crippen LogP contribution in [-0.2, 0) is 11.3 Å². The molecule has 4 aromatic rings. The number of rotatable bonds is 11. The van der Waals surface area contributed by atoms with Gasteiger partial charge in [0.15, 0.2) is 11.0 Å². The SMILES string of the molecule is COc1ccc(OC)c(-n2c(CNC(=O)c3ccc([N+](=O)[O-])cc3)nnc2SCC(=O)Nc2ccc(F)cc2)c1. The quantitative estimate of drug-likeness (QED) is 0.156. The van der Waals surface area contributed by atoms with Crippen molar-refractivity contribution in [2.45, 2.75) is 11.7 Å². The zero-order valence-electron chi connectivity index (χ0n) is 21.3. The van der Waals surface area contributed by atoms with Crippen LogP contribution in [0.1, 0.15) is 16.2 Å². The Morgan fingerprint density at radius 1 is 1.02 bits per heavy atom. The van der Waals surface area contributed by atoms with Crippen LogP contribution in [0.25, 0.3) is 5.69 Å². The van der Waals surface area contributed by atoms with Crippen molar-refractivity contribution in [1.82, 2.24) is 20.1 Å². The second-order valence-electron chi connectivity index (χ2n) is 8.10. The Morgan fingerprint density at radius 3 is 2.40 bits per heavy atom. The predicted octanol–water partition coefficient (Wildman–Crippen LogP) is 3.99. The van der Waals surface area contributed by atoms with E-state index < -0.39 is 16.6 Å². The number of non-ortho nitro benzene ring substituents is 1. The molecule has 14 heteroatoms. The van der Waals surface area contributed by atoms with Crippen LogP contribution in [0.5, 0.6) is 11.5 Å². The van der Waals surface area contributed by atoms with Gasteiger partial charge >= 0.3 is 0 Å². The van der Waals surface area contributed by atoms with Crippen LogP contribution >= 0.6 is 11.8 Å². The van der Waals surface area contributed by atoms with E-state index in [9.17, 15) is 24.1 Å². The maximum Gasteiger partial charge on any atom is 0.269 e. The number of hydrogen-bond donors (Lipinski definition) is 2. The van der Waals surface area contributed by atoms with E-state index in [4.69, 9.17) is 9.47 Å². The number of nitro groups is 1. The molecule has 2 N–H and O–H groups in total. The van der Waals surface area contributed by atoms with E-state index in [1.54, 1.807) is 22.8 Å². The maximum atomic E-state index is 13.2. The van der Waals surface area contributed by atoms with Crippen LogP contribution in [0.2, 0.25) is 0 Å². The van der Waals surface area contributed by atoms with Gasteiger partial charge in [0.2, 0.25) is 5.91 Å². The lowest BCUT2D eigenvalue weighted by molar-refractivity contribution is -0.384. The number of hydrogen-bond acceptors (Lipinski definition) is 9. The van der Waals surface area contributed by atoms with Gasteiger partial charge in [-0.15, -0.1) is 10.2 Å². The zero-order valence-corrected chi connectivity index (χ0v) is 22.1. The molecule has 2 amide bonds. The molecule has 0 aliphatic rings. The van der Waals surface area contributed by atoms with Crippen molar-refractivity contribution in [1.29, 1.82) is 0 Å². The lowest BCUT2D eigenvalue weighted by Gasteiger charge is -2.15. The number of methoxy groups -OCH3 is 2. The molecule has 1 heterocycles. The van der Waals surface area contributed by atoms with E-state index in [0.29, 0.717) is 33.9 Å². The molecule has 0 saturated carbocycles. The first-order chi connectivity index (χ1) is 19.3. The van der Waals surface area contributed by atoms with Gasteiger partial charge in [-0.25, -0.2) is 4.39 Å². The van der Waals surface area contributed by atoms with E-state index in [1.807, 2.05) is 0 Å². The first kappa shape index (κ1) is 28.0. The van der Waals surface area contributed by atoms with Gasteiger partial charge in [-0.3, -0.25) is 24.3 Å². The molecule has 4 rings (SSSR count). The second kappa shape index (κ2) is 12.7. The highest BCUT2D eigenvalue weighted by Gasteiger charge is 2.21. The van der Waals surface area contributed by atoms with Crippen LogP contribution < -0.4 is 20.1 Å². The van der Waals surface area contributed by atoms with Crippen molar-refractivity contribution >= 4 is 35.0 Å². The molecular formula is C26H23FN6O6S. The Morgan fingerprint density at radius 2 is 1.75 bits per heavy atom. The van der Waals surface area contributed by atoms with Gasteiger partial charge in [0.1, 0.15) is 17.3 Å². The number of halogens is 1. The highest BCUT2D eigenvalue weighted by molar-refractivity contribution is 7.99. The molecule has 0 atom stereocenters. The molecule has 40 heavy (non-hydrogen) atoms. The average Bonchev–Trinajstić information content (AvgIpc) is 3.38. The summed E-state index contributed by atoms with van der Waals surface area (Å²) in [4.78, 5) is 35.6. The van der Waals surface area contributed by atoms with E-state index >= 15 is 0 Å². The van der Waals surface area contributed by atoms with Crippen molar-refractivity contribution in [3.05, 3.63) is 94.0 Å². The van der Waals surface area contributed by atoms with Crippen molar-refractivity contribution in [2.75, 3.05) is 25.3 Å². The van der Waals surface area contributed by atoms with Crippen molar-refractivity contribution in [3.63, 3.8) is 0 Å². The summed E-state index contributed by atoms with van der Waals surface area (Å²) >= 11 is 1.09. The number of nitro benzene ring substituents is 1. The smallest absolute Gasteiger partial charge is 0.269 e. The molecule has 0 radical (unpaired) electrons. The molecule has 0 aliphatic carbocycles. The number of benzene rings is 3. The van der Waals surface area contributed by atoms with Gasteiger partial charge in [0.05, 0.1) is 37.1 Å². The van der Waals surface area contributed by atoms with Crippen LogP contribution in [0.4, 0.5) is 15.8 Å². The summed E-state index contributed by atoms with van der Waals surface area (Å²) in [7, 11) is 3.01. The Bertz CT molecular complexity index is 1530. The van der Waals surface area contributed by atoms with Gasteiger partial charge in [-0.05, 0) is 48.5 Å². The van der Waals surface area contributed by atoms with Gasteiger partial charge in [0.25, 0.3) is 11.6 Å². The third-order valence-electron chi connectivity index (χ3n) is 5.54. The molecule has 0 bridgehead atoms. The molecule has 206 valence electrons. The summed E-state index contributed by atoms with van der Waals surface area (Å²) in [6.45, 7) is -0.0640. The Labute approximate surface area is 231 Å². The first-order valence-corrected chi connectivity index (χ1v) is 12.6. The summed E-state index contributed by atoms with van der Waals surface area (Å²) in [6.07, 6.45) is 0. The second-order valence-corrected chi connectivity index (χ2v) is 9.04. The number of nitrogens with zero attached hydrogens (tertiary/aromatic N) is 4. The molecular weight excluding hydrogens is 543 g/mol. The fraction of sp³-hybridized carbons (Fsp3) is 0.154. The zero-order chi connectivity index (χ0) is 28.6. The first-order valence-electron chi connectivity index (χ1n) is 11.7. The minimum Gasteiger partial charge on any atom is -0.497 e. The van der Waals surface area contributed by atoms with E-state index in [0.717, 1.165) is 11.8 Å². The van der Waals surface area contributed by atoms with E-state index in [2.05, 4.69) is 20.8 Å². The van der Waals surface area contributed by atoms with Crippen LogP contribution in [0, 0.1) is 15.9 Å². The number of thioether (sulfide) groups is 1. The maximum absolute atomic E-state index is 13.2. The number of carbonyl (C=O) groups excluding carboxylic acids is 2. The monoisotopic (exact) mass is 566 g/mol. The third kappa shape index (κ3) is 6.71. The normalized spacial score (nSPS) is 10.6. The summed E-state index contributed by atoms with van der Waals surface area (Å²) < 4.78 is 25.7. The fourth-order valence-electron chi connectivity index (χ4n) is 3.58. The lowest BCUT2D eigenvalue weighted by Crippen LogP contribution is -2.24. The number of carbonyl (C=O) groups is 2. The molecule has 1 aromatic heterocycles. The highest BCUT2D eigenvalue weighted by Crippen LogP contribution is 2.32. The summed E-state index contributed by atoms with van der Waals surface area (Å²) in [5.74, 6) is 0.0177. The predicted molar refractivity (Wildman–Crippen MR) is 144 cm³/mol. The summed E-state index contributed by atoms with van der Waals surface area (Å²) in [5, 5.41) is 25.1. The van der Waals surface area contributed by atoms with Crippen molar-refractivity contribution < 1.29 is 28.4 Å². The minimum atomic E-state index is -0.551. The van der Waals surface area contributed by atoms with Crippen molar-refractivity contribution in [3.8, 4) is 17.2 Å². The molecule has 0 spiro atoms. The van der Waals surface area contributed by atoms with Crippen LogP contribution in [0.3, 0.4) is 0 Å². The number of ether oxygens (including phenoxy) is 2. The molecule has 0 aliphatic heterocycles. The number of anilines is 1. The highest BCUT2D eigenvalue weighted by atomic mass is 32.2. The van der Waals surface area contributed by atoms with Gasteiger partial charge < -0.3 is 20.1 Å². The molecule has 0 saturated heterocycles. The number of nitrogens with one attached hydrogen (secondary N) is 2. The number of amides is 2. The summed E-state index contributed by atoms with van der Waals surface area (Å²) in [6, 6.07) is 15.7. The topological polar surface area (TPSA) is 151 Å². The minimum absolute atomic E-state index is 0.0447. The van der Waals surface area contributed by atoms with Crippen LogP contribution in [-0.4, -0.2) is 51.5 Å². The Balaban J connectivity index is 1.57. The molecule has 3 aromatic carbocycles. The Kier molecular flexibility index (Phi) is 8.91. The molecule has 0 unspecified atom stereocenters.